The number of ether oxygens (including phenoxy) is 1. The standard InChI is InChI=1S/C15H20N4O2S/c1-4-9-19-14(12-5-7-16-8-6-12)17-18-15(19)22-10-13(20)21-11(2)3/h5-8,11H,4,9-10H2,1-3H3. The molecule has 0 atom stereocenters. The van der Waals surface area contributed by atoms with Crippen molar-refractivity contribution in [3.8, 4) is 11.4 Å². The lowest BCUT2D eigenvalue weighted by atomic mass is 10.2. The van der Waals surface area contributed by atoms with Gasteiger partial charge < -0.3 is 9.30 Å². The van der Waals surface area contributed by atoms with Crippen LogP contribution in [0.3, 0.4) is 0 Å². The molecule has 2 rings (SSSR count). The van der Waals surface area contributed by atoms with Crippen LogP contribution in [-0.4, -0.2) is 37.6 Å². The first-order valence-corrected chi connectivity index (χ1v) is 8.26. The Kier molecular flexibility index (Phi) is 5.94. The molecule has 0 aliphatic carbocycles. The molecule has 0 saturated heterocycles. The fourth-order valence-corrected chi connectivity index (χ4v) is 2.70. The molecule has 0 aromatic carbocycles. The third-order valence-corrected chi connectivity index (χ3v) is 3.73. The van der Waals surface area contributed by atoms with Gasteiger partial charge in [0.25, 0.3) is 0 Å². The summed E-state index contributed by atoms with van der Waals surface area (Å²) in [5.41, 5.74) is 0.965. The highest BCUT2D eigenvalue weighted by Crippen LogP contribution is 2.24. The summed E-state index contributed by atoms with van der Waals surface area (Å²) in [5.74, 6) is 0.789. The topological polar surface area (TPSA) is 69.9 Å². The van der Waals surface area contributed by atoms with Crippen molar-refractivity contribution in [2.24, 2.45) is 0 Å². The molecule has 0 saturated carbocycles. The number of thioether (sulfide) groups is 1. The van der Waals surface area contributed by atoms with E-state index in [-0.39, 0.29) is 17.8 Å². The van der Waals surface area contributed by atoms with E-state index in [1.165, 1.54) is 11.8 Å². The number of rotatable bonds is 7. The molecular formula is C15H20N4O2S. The van der Waals surface area contributed by atoms with Crippen molar-refractivity contribution in [1.29, 1.82) is 0 Å². The highest BCUT2D eigenvalue weighted by Gasteiger charge is 2.15. The van der Waals surface area contributed by atoms with E-state index in [2.05, 4.69) is 22.1 Å². The number of pyridine rings is 1. The molecule has 0 N–H and O–H groups in total. The minimum Gasteiger partial charge on any atom is -0.462 e. The summed E-state index contributed by atoms with van der Waals surface area (Å²) in [6.45, 7) is 6.57. The molecule has 2 aromatic heterocycles. The van der Waals surface area contributed by atoms with Gasteiger partial charge in [-0.3, -0.25) is 9.78 Å². The smallest absolute Gasteiger partial charge is 0.316 e. The fraction of sp³-hybridized carbons (Fsp3) is 0.467. The molecule has 0 aliphatic heterocycles. The zero-order valence-electron chi connectivity index (χ0n) is 13.0. The first-order valence-electron chi connectivity index (χ1n) is 7.27. The van der Waals surface area contributed by atoms with E-state index in [0.29, 0.717) is 0 Å². The number of esters is 1. The molecular weight excluding hydrogens is 300 g/mol. The van der Waals surface area contributed by atoms with Gasteiger partial charge in [-0.2, -0.15) is 0 Å². The molecule has 7 heteroatoms. The van der Waals surface area contributed by atoms with Crippen molar-refractivity contribution < 1.29 is 9.53 Å². The number of hydrogen-bond donors (Lipinski definition) is 0. The maximum absolute atomic E-state index is 11.7. The summed E-state index contributed by atoms with van der Waals surface area (Å²) >= 11 is 1.35. The first-order chi connectivity index (χ1) is 10.6. The maximum Gasteiger partial charge on any atom is 0.316 e. The van der Waals surface area contributed by atoms with Crippen LogP contribution in [0.25, 0.3) is 11.4 Å². The van der Waals surface area contributed by atoms with Gasteiger partial charge in [-0.05, 0) is 32.4 Å². The quantitative estimate of drug-likeness (QED) is 0.577. The molecule has 0 bridgehead atoms. The molecule has 0 aliphatic rings. The summed E-state index contributed by atoms with van der Waals surface area (Å²) in [6, 6.07) is 3.80. The molecule has 0 fully saturated rings. The first kappa shape index (κ1) is 16.5. The Hall–Kier alpha value is -1.89. The van der Waals surface area contributed by atoms with Gasteiger partial charge in [-0.1, -0.05) is 18.7 Å². The second kappa shape index (κ2) is 7.93. The van der Waals surface area contributed by atoms with Gasteiger partial charge in [0.2, 0.25) is 0 Å². The van der Waals surface area contributed by atoms with Crippen LogP contribution < -0.4 is 0 Å². The summed E-state index contributed by atoms with van der Waals surface area (Å²) in [6.07, 6.45) is 4.31. The molecule has 2 heterocycles. The number of carbonyl (C=O) groups excluding carboxylic acids is 1. The molecule has 6 nitrogen and oxygen atoms in total. The minimum atomic E-state index is -0.239. The van der Waals surface area contributed by atoms with Gasteiger partial charge in [0.05, 0.1) is 11.9 Å². The van der Waals surface area contributed by atoms with Gasteiger partial charge in [0.1, 0.15) is 0 Å². The molecule has 118 valence electrons. The second-order valence-electron chi connectivity index (χ2n) is 5.02. The van der Waals surface area contributed by atoms with Crippen LogP contribution in [0, 0.1) is 0 Å². The van der Waals surface area contributed by atoms with Gasteiger partial charge >= 0.3 is 5.97 Å². The number of hydrogen-bond acceptors (Lipinski definition) is 6. The summed E-state index contributed by atoms with van der Waals surface area (Å²) in [5, 5.41) is 9.20. The van der Waals surface area contributed by atoms with Crippen LogP contribution in [0.4, 0.5) is 0 Å². The van der Waals surface area contributed by atoms with Crippen LogP contribution in [-0.2, 0) is 16.1 Å². The maximum atomic E-state index is 11.7. The van der Waals surface area contributed by atoms with E-state index in [1.54, 1.807) is 12.4 Å². The van der Waals surface area contributed by atoms with Crippen molar-refractivity contribution in [2.45, 2.75) is 45.0 Å². The Morgan fingerprint density at radius 3 is 2.68 bits per heavy atom. The van der Waals surface area contributed by atoms with E-state index in [0.717, 1.165) is 29.5 Å². The van der Waals surface area contributed by atoms with E-state index >= 15 is 0 Å². The van der Waals surface area contributed by atoms with Crippen molar-refractivity contribution in [2.75, 3.05) is 5.75 Å². The Morgan fingerprint density at radius 2 is 2.05 bits per heavy atom. The molecule has 0 spiro atoms. The van der Waals surface area contributed by atoms with Crippen LogP contribution in [0.15, 0.2) is 29.7 Å². The minimum absolute atomic E-state index is 0.103. The monoisotopic (exact) mass is 320 g/mol. The average molecular weight is 320 g/mol. The summed E-state index contributed by atoms with van der Waals surface area (Å²) < 4.78 is 7.17. The van der Waals surface area contributed by atoms with E-state index in [1.807, 2.05) is 30.5 Å². The third-order valence-electron chi connectivity index (χ3n) is 2.79. The van der Waals surface area contributed by atoms with Crippen LogP contribution in [0.1, 0.15) is 27.2 Å². The van der Waals surface area contributed by atoms with E-state index < -0.39 is 0 Å². The fourth-order valence-electron chi connectivity index (χ4n) is 1.96. The number of aromatic nitrogens is 4. The van der Waals surface area contributed by atoms with Crippen molar-refractivity contribution >= 4 is 17.7 Å². The molecule has 2 aromatic rings. The molecule has 0 amide bonds. The van der Waals surface area contributed by atoms with Crippen LogP contribution >= 0.6 is 11.8 Å². The van der Waals surface area contributed by atoms with Crippen molar-refractivity contribution in [3.05, 3.63) is 24.5 Å². The summed E-state index contributed by atoms with van der Waals surface area (Å²) in [7, 11) is 0. The predicted octanol–water partition coefficient (Wildman–Crippen LogP) is 2.79. The van der Waals surface area contributed by atoms with Gasteiger partial charge in [-0.25, -0.2) is 0 Å². The van der Waals surface area contributed by atoms with Crippen LogP contribution in [0.2, 0.25) is 0 Å². The molecule has 0 unspecified atom stereocenters. The van der Waals surface area contributed by atoms with Gasteiger partial charge in [0, 0.05) is 24.5 Å². The normalized spacial score (nSPS) is 10.9. The number of nitrogens with zero attached hydrogens (tertiary/aromatic N) is 4. The zero-order chi connectivity index (χ0) is 15.9. The van der Waals surface area contributed by atoms with Gasteiger partial charge in [-0.15, -0.1) is 10.2 Å². The Bertz CT molecular complexity index is 613. The Labute approximate surface area is 134 Å². The largest absolute Gasteiger partial charge is 0.462 e. The zero-order valence-corrected chi connectivity index (χ0v) is 13.8. The lowest BCUT2D eigenvalue weighted by Crippen LogP contribution is -2.14. The summed E-state index contributed by atoms with van der Waals surface area (Å²) in [4.78, 5) is 15.7. The van der Waals surface area contributed by atoms with Crippen molar-refractivity contribution in [1.82, 2.24) is 19.7 Å². The lowest BCUT2D eigenvalue weighted by molar-refractivity contribution is -0.144. The van der Waals surface area contributed by atoms with Crippen LogP contribution in [0.5, 0.6) is 0 Å². The van der Waals surface area contributed by atoms with Crippen molar-refractivity contribution in [3.63, 3.8) is 0 Å². The van der Waals surface area contributed by atoms with Gasteiger partial charge in [0.15, 0.2) is 11.0 Å². The van der Waals surface area contributed by atoms with E-state index in [4.69, 9.17) is 4.74 Å². The highest BCUT2D eigenvalue weighted by molar-refractivity contribution is 7.99. The second-order valence-corrected chi connectivity index (χ2v) is 5.96. The third kappa shape index (κ3) is 4.30. The lowest BCUT2D eigenvalue weighted by Gasteiger charge is -2.09. The average Bonchev–Trinajstić information content (AvgIpc) is 2.89. The molecule has 0 radical (unpaired) electrons. The Morgan fingerprint density at radius 1 is 1.32 bits per heavy atom. The van der Waals surface area contributed by atoms with E-state index in [9.17, 15) is 4.79 Å². The molecule has 22 heavy (non-hydrogen) atoms. The predicted molar refractivity (Wildman–Crippen MR) is 85.5 cm³/mol. The number of carbonyl (C=O) groups is 1. The highest BCUT2D eigenvalue weighted by atomic mass is 32.2. The Balaban J connectivity index is 2.15. The SMILES string of the molecule is CCCn1c(SCC(=O)OC(C)C)nnc1-c1ccncc1.